The fourth-order valence-electron chi connectivity index (χ4n) is 2.58. The number of aromatic nitrogens is 2. The molecule has 1 aliphatic heterocycles. The third-order valence-electron chi connectivity index (χ3n) is 3.47. The van der Waals surface area contributed by atoms with Crippen LogP contribution >= 0.6 is 11.6 Å². The van der Waals surface area contributed by atoms with Crippen molar-refractivity contribution in [3.05, 3.63) is 16.9 Å². The second-order valence-electron chi connectivity index (χ2n) is 5.12. The van der Waals surface area contributed by atoms with Crippen molar-refractivity contribution in [3.8, 4) is 0 Å². The highest BCUT2D eigenvalue weighted by molar-refractivity contribution is 7.91. The second kappa shape index (κ2) is 5.81. The molecular weight excluding hydrogens is 288 g/mol. The average molecular weight is 307 g/mol. The summed E-state index contributed by atoms with van der Waals surface area (Å²) in [4.78, 5) is 0. The fraction of sp³-hybridized carbons (Fsp3) is 0.750. The summed E-state index contributed by atoms with van der Waals surface area (Å²) in [6.07, 6.45) is 2.73. The van der Waals surface area contributed by atoms with Crippen LogP contribution in [0.25, 0.3) is 0 Å². The summed E-state index contributed by atoms with van der Waals surface area (Å²) in [5.41, 5.74) is 0.604. The molecule has 0 aromatic carbocycles. The third-order valence-corrected chi connectivity index (χ3v) is 5.60. The van der Waals surface area contributed by atoms with Gasteiger partial charge in [-0.1, -0.05) is 18.5 Å². The Kier molecular flexibility index (Phi) is 4.53. The molecular formula is C12H19ClN2O3S. The number of hydrogen-bond acceptors (Lipinski definition) is 4. The van der Waals surface area contributed by atoms with Crippen LogP contribution in [0.5, 0.6) is 0 Å². The summed E-state index contributed by atoms with van der Waals surface area (Å²) in [5.74, 6) is 0.414. The molecule has 0 spiro atoms. The van der Waals surface area contributed by atoms with Crippen LogP contribution in [0.2, 0.25) is 5.02 Å². The van der Waals surface area contributed by atoms with Gasteiger partial charge in [0.05, 0.1) is 34.5 Å². The van der Waals surface area contributed by atoms with Gasteiger partial charge in [0.15, 0.2) is 9.84 Å². The number of rotatable bonds is 5. The lowest BCUT2D eigenvalue weighted by Crippen LogP contribution is -2.14. The van der Waals surface area contributed by atoms with E-state index in [1.165, 1.54) is 6.20 Å². The maximum absolute atomic E-state index is 11.4. The first-order valence-corrected chi connectivity index (χ1v) is 8.72. The van der Waals surface area contributed by atoms with Crippen LogP contribution in [-0.4, -0.2) is 34.8 Å². The maximum Gasteiger partial charge on any atom is 0.150 e. The average Bonchev–Trinajstić information content (AvgIpc) is 2.83. The third kappa shape index (κ3) is 3.49. The van der Waals surface area contributed by atoms with Crippen molar-refractivity contribution >= 4 is 21.4 Å². The molecule has 108 valence electrons. The molecule has 0 saturated carbocycles. The van der Waals surface area contributed by atoms with E-state index in [9.17, 15) is 13.5 Å². The summed E-state index contributed by atoms with van der Waals surface area (Å²) < 4.78 is 24.5. The van der Waals surface area contributed by atoms with Crippen molar-refractivity contribution in [1.82, 2.24) is 9.78 Å². The number of aliphatic hydroxyl groups is 1. The van der Waals surface area contributed by atoms with E-state index in [0.717, 1.165) is 6.42 Å². The number of hydrogen-bond donors (Lipinski definition) is 1. The van der Waals surface area contributed by atoms with Crippen LogP contribution in [0.15, 0.2) is 6.20 Å². The van der Waals surface area contributed by atoms with Crippen LogP contribution < -0.4 is 0 Å². The minimum Gasteiger partial charge on any atom is -0.387 e. The Balaban J connectivity index is 2.08. The molecule has 2 atom stereocenters. The number of nitrogens with zero attached hydrogens (tertiary/aromatic N) is 2. The van der Waals surface area contributed by atoms with E-state index in [0.29, 0.717) is 30.1 Å². The Bertz CT molecular complexity index is 541. The molecule has 1 N–H and O–H groups in total. The molecule has 1 aromatic rings. The van der Waals surface area contributed by atoms with E-state index in [-0.39, 0.29) is 17.4 Å². The smallest absolute Gasteiger partial charge is 0.150 e. The first-order valence-electron chi connectivity index (χ1n) is 6.52. The highest BCUT2D eigenvalue weighted by atomic mass is 35.5. The normalized spacial score (nSPS) is 23.6. The summed E-state index contributed by atoms with van der Waals surface area (Å²) in [6, 6.07) is 0. The van der Waals surface area contributed by atoms with Crippen LogP contribution in [0.3, 0.4) is 0 Å². The first-order chi connectivity index (χ1) is 8.93. The molecule has 1 saturated heterocycles. The van der Waals surface area contributed by atoms with Crippen molar-refractivity contribution < 1.29 is 13.5 Å². The van der Waals surface area contributed by atoms with Gasteiger partial charge in [-0.05, 0) is 25.2 Å². The highest BCUT2D eigenvalue weighted by Crippen LogP contribution is 2.32. The first kappa shape index (κ1) is 14.8. The Morgan fingerprint density at radius 2 is 2.37 bits per heavy atom. The van der Waals surface area contributed by atoms with Gasteiger partial charge in [0.25, 0.3) is 0 Å². The number of aliphatic hydroxyl groups excluding tert-OH is 1. The molecule has 2 unspecified atom stereocenters. The lowest BCUT2D eigenvalue weighted by atomic mass is 9.99. The van der Waals surface area contributed by atoms with E-state index in [1.54, 1.807) is 4.68 Å². The van der Waals surface area contributed by atoms with E-state index in [2.05, 4.69) is 5.10 Å². The van der Waals surface area contributed by atoms with Gasteiger partial charge in [0.2, 0.25) is 0 Å². The predicted molar refractivity (Wildman–Crippen MR) is 73.9 cm³/mol. The Morgan fingerprint density at radius 1 is 1.63 bits per heavy atom. The van der Waals surface area contributed by atoms with Crippen LogP contribution in [-0.2, 0) is 16.4 Å². The van der Waals surface area contributed by atoms with Crippen molar-refractivity contribution in [1.29, 1.82) is 0 Å². The standard InChI is InChI=1S/C12H19ClN2O3S/c1-2-4-15-12(10(13)7-14-15)11(16)6-9-3-5-19(17,18)8-9/h7,9,11,16H,2-6,8H2,1H3. The molecule has 0 aliphatic carbocycles. The van der Waals surface area contributed by atoms with Crippen LogP contribution in [0.1, 0.15) is 38.0 Å². The Labute approximate surface area is 118 Å². The van der Waals surface area contributed by atoms with Gasteiger partial charge < -0.3 is 5.11 Å². The van der Waals surface area contributed by atoms with Gasteiger partial charge in [-0.25, -0.2) is 8.42 Å². The largest absolute Gasteiger partial charge is 0.387 e. The summed E-state index contributed by atoms with van der Waals surface area (Å²) in [6.45, 7) is 2.72. The van der Waals surface area contributed by atoms with Gasteiger partial charge in [-0.15, -0.1) is 0 Å². The zero-order valence-corrected chi connectivity index (χ0v) is 12.5. The van der Waals surface area contributed by atoms with Crippen LogP contribution in [0.4, 0.5) is 0 Å². The zero-order chi connectivity index (χ0) is 14.0. The summed E-state index contributed by atoms with van der Waals surface area (Å²) in [7, 11) is -2.91. The molecule has 2 heterocycles. The Morgan fingerprint density at radius 3 is 2.95 bits per heavy atom. The highest BCUT2D eigenvalue weighted by Gasteiger charge is 2.31. The van der Waals surface area contributed by atoms with Crippen molar-refractivity contribution in [2.45, 2.75) is 38.8 Å². The topological polar surface area (TPSA) is 72.2 Å². The van der Waals surface area contributed by atoms with Crippen LogP contribution in [0, 0.1) is 5.92 Å². The molecule has 7 heteroatoms. The summed E-state index contributed by atoms with van der Waals surface area (Å²) >= 11 is 6.06. The lowest BCUT2D eigenvalue weighted by Gasteiger charge is -2.16. The zero-order valence-electron chi connectivity index (χ0n) is 10.9. The number of aryl methyl sites for hydroxylation is 1. The minimum absolute atomic E-state index is 0.0149. The van der Waals surface area contributed by atoms with Gasteiger partial charge >= 0.3 is 0 Å². The molecule has 0 bridgehead atoms. The van der Waals surface area contributed by atoms with E-state index in [4.69, 9.17) is 11.6 Å². The molecule has 0 radical (unpaired) electrons. The minimum atomic E-state index is -2.91. The number of sulfone groups is 1. The van der Waals surface area contributed by atoms with Gasteiger partial charge in [-0.2, -0.15) is 5.10 Å². The quantitative estimate of drug-likeness (QED) is 0.900. The maximum atomic E-state index is 11.4. The van der Waals surface area contributed by atoms with Crippen molar-refractivity contribution in [2.24, 2.45) is 5.92 Å². The fourth-order valence-corrected chi connectivity index (χ4v) is 4.73. The summed E-state index contributed by atoms with van der Waals surface area (Å²) in [5, 5.41) is 14.9. The van der Waals surface area contributed by atoms with E-state index in [1.807, 2.05) is 6.92 Å². The Hall–Kier alpha value is -0.590. The van der Waals surface area contributed by atoms with E-state index < -0.39 is 15.9 Å². The van der Waals surface area contributed by atoms with Gasteiger partial charge in [-0.3, -0.25) is 4.68 Å². The SMILES string of the molecule is CCCn1ncc(Cl)c1C(O)CC1CCS(=O)(=O)C1. The lowest BCUT2D eigenvalue weighted by molar-refractivity contribution is 0.138. The molecule has 2 rings (SSSR count). The molecule has 1 aromatic heterocycles. The molecule has 5 nitrogen and oxygen atoms in total. The van der Waals surface area contributed by atoms with Gasteiger partial charge in [0, 0.05) is 6.54 Å². The molecule has 0 amide bonds. The van der Waals surface area contributed by atoms with Crippen molar-refractivity contribution in [2.75, 3.05) is 11.5 Å². The molecule has 1 aliphatic rings. The second-order valence-corrected chi connectivity index (χ2v) is 7.76. The van der Waals surface area contributed by atoms with Crippen molar-refractivity contribution in [3.63, 3.8) is 0 Å². The molecule has 1 fully saturated rings. The van der Waals surface area contributed by atoms with Gasteiger partial charge in [0.1, 0.15) is 0 Å². The molecule has 19 heavy (non-hydrogen) atoms. The predicted octanol–water partition coefficient (Wildman–Crippen LogP) is 1.80. The number of halogens is 1. The monoisotopic (exact) mass is 306 g/mol. The van der Waals surface area contributed by atoms with E-state index >= 15 is 0 Å².